The fraction of sp³-hybridized carbons (Fsp3) is 0.500. The maximum absolute atomic E-state index is 6.09. The van der Waals surface area contributed by atoms with Gasteiger partial charge in [0.2, 0.25) is 0 Å². The quantitative estimate of drug-likeness (QED) is 0.847. The molecule has 82 valence electrons. The Hall–Kier alpha value is -0.570. The Bertz CT molecular complexity index is 327. The molecular formula is C12H17ClN2. The van der Waals surface area contributed by atoms with E-state index in [-0.39, 0.29) is 0 Å². The molecule has 0 bridgehead atoms. The van der Waals surface area contributed by atoms with Gasteiger partial charge in [0.05, 0.1) is 0 Å². The zero-order valence-electron chi connectivity index (χ0n) is 9.04. The molecule has 0 spiro atoms. The summed E-state index contributed by atoms with van der Waals surface area (Å²) in [5.41, 5.74) is 1.19. The lowest BCUT2D eigenvalue weighted by atomic mass is 10.2. The lowest BCUT2D eigenvalue weighted by molar-refractivity contribution is 0.397. The van der Waals surface area contributed by atoms with E-state index in [1.54, 1.807) is 0 Å². The fourth-order valence-corrected chi connectivity index (χ4v) is 2.20. The van der Waals surface area contributed by atoms with Crippen LogP contribution in [-0.4, -0.2) is 31.1 Å². The highest BCUT2D eigenvalue weighted by Gasteiger charge is 2.18. The first-order valence-corrected chi connectivity index (χ1v) is 5.79. The Morgan fingerprint density at radius 2 is 2.27 bits per heavy atom. The molecule has 15 heavy (non-hydrogen) atoms. The summed E-state index contributed by atoms with van der Waals surface area (Å²) in [4.78, 5) is 2.35. The minimum absolute atomic E-state index is 0.617. The number of likely N-dealkylation sites (N-methyl/N-ethyl adjacent to an activating group) is 1. The summed E-state index contributed by atoms with van der Waals surface area (Å²) in [6.45, 7) is 3.21. The predicted molar refractivity (Wildman–Crippen MR) is 64.2 cm³/mol. The zero-order valence-corrected chi connectivity index (χ0v) is 9.80. The van der Waals surface area contributed by atoms with Crippen LogP contribution in [0, 0.1) is 0 Å². The van der Waals surface area contributed by atoms with Crippen LogP contribution < -0.4 is 5.32 Å². The third-order valence-corrected chi connectivity index (χ3v) is 3.30. The van der Waals surface area contributed by atoms with Gasteiger partial charge in [0.1, 0.15) is 0 Å². The number of benzene rings is 1. The van der Waals surface area contributed by atoms with Crippen LogP contribution >= 0.6 is 11.6 Å². The van der Waals surface area contributed by atoms with Crippen LogP contribution in [0.25, 0.3) is 0 Å². The molecule has 1 fully saturated rings. The van der Waals surface area contributed by atoms with E-state index in [2.05, 4.69) is 23.3 Å². The second kappa shape index (κ2) is 4.97. The molecule has 0 unspecified atom stereocenters. The molecule has 0 amide bonds. The molecule has 1 atom stereocenters. The van der Waals surface area contributed by atoms with Gasteiger partial charge in [-0.3, -0.25) is 0 Å². The number of likely N-dealkylation sites (tertiary alicyclic amines) is 1. The van der Waals surface area contributed by atoms with Gasteiger partial charge >= 0.3 is 0 Å². The first kappa shape index (κ1) is 10.9. The maximum Gasteiger partial charge on any atom is 0.0450 e. The number of halogens is 1. The van der Waals surface area contributed by atoms with Gasteiger partial charge in [0.25, 0.3) is 0 Å². The number of hydrogen-bond donors (Lipinski definition) is 1. The molecule has 0 radical (unpaired) electrons. The SMILES string of the molecule is CN1CC[C@H](NCc2ccccc2Cl)C1. The van der Waals surface area contributed by atoms with Gasteiger partial charge in [-0.2, -0.15) is 0 Å². The third-order valence-electron chi connectivity index (χ3n) is 2.93. The molecule has 1 aromatic rings. The maximum atomic E-state index is 6.09. The van der Waals surface area contributed by atoms with Crippen LogP contribution in [0.4, 0.5) is 0 Å². The minimum Gasteiger partial charge on any atom is -0.309 e. The van der Waals surface area contributed by atoms with Crippen molar-refractivity contribution in [1.29, 1.82) is 0 Å². The van der Waals surface area contributed by atoms with Crippen molar-refractivity contribution in [1.82, 2.24) is 10.2 Å². The average molecular weight is 225 g/mol. The normalized spacial score (nSPS) is 22.1. The van der Waals surface area contributed by atoms with E-state index in [0.717, 1.165) is 18.1 Å². The van der Waals surface area contributed by atoms with Gasteiger partial charge in [-0.1, -0.05) is 29.8 Å². The summed E-state index contributed by atoms with van der Waals surface area (Å²) in [5, 5.41) is 4.40. The van der Waals surface area contributed by atoms with E-state index in [4.69, 9.17) is 11.6 Å². The summed E-state index contributed by atoms with van der Waals surface area (Å²) >= 11 is 6.09. The molecule has 1 heterocycles. The second-order valence-electron chi connectivity index (χ2n) is 4.22. The Kier molecular flexibility index (Phi) is 3.62. The molecule has 1 aliphatic rings. The number of hydrogen-bond acceptors (Lipinski definition) is 2. The minimum atomic E-state index is 0.617. The largest absolute Gasteiger partial charge is 0.309 e. The summed E-state index contributed by atoms with van der Waals surface area (Å²) < 4.78 is 0. The van der Waals surface area contributed by atoms with Crippen molar-refractivity contribution in [2.24, 2.45) is 0 Å². The topological polar surface area (TPSA) is 15.3 Å². The lowest BCUT2D eigenvalue weighted by Gasteiger charge is -2.13. The summed E-state index contributed by atoms with van der Waals surface area (Å²) in [7, 11) is 2.16. The summed E-state index contributed by atoms with van der Waals surface area (Å²) in [6.07, 6.45) is 1.24. The van der Waals surface area contributed by atoms with Crippen LogP contribution in [0.15, 0.2) is 24.3 Å². The van der Waals surface area contributed by atoms with Gasteiger partial charge in [0.15, 0.2) is 0 Å². The van der Waals surface area contributed by atoms with Crippen LogP contribution in [0.1, 0.15) is 12.0 Å². The van der Waals surface area contributed by atoms with Crippen molar-refractivity contribution < 1.29 is 0 Å². The van der Waals surface area contributed by atoms with E-state index in [1.165, 1.54) is 18.5 Å². The fourth-order valence-electron chi connectivity index (χ4n) is 2.00. The third kappa shape index (κ3) is 2.94. The molecule has 0 saturated carbocycles. The van der Waals surface area contributed by atoms with E-state index in [9.17, 15) is 0 Å². The second-order valence-corrected chi connectivity index (χ2v) is 4.63. The predicted octanol–water partition coefficient (Wildman–Crippen LogP) is 2.13. The highest BCUT2D eigenvalue weighted by atomic mass is 35.5. The monoisotopic (exact) mass is 224 g/mol. The molecule has 1 aromatic carbocycles. The smallest absolute Gasteiger partial charge is 0.0450 e. The Labute approximate surface area is 96.2 Å². The van der Waals surface area contributed by atoms with Crippen molar-refractivity contribution in [2.75, 3.05) is 20.1 Å². The molecule has 2 nitrogen and oxygen atoms in total. The Balaban J connectivity index is 1.86. The average Bonchev–Trinajstić information content (AvgIpc) is 2.63. The van der Waals surface area contributed by atoms with Gasteiger partial charge in [-0.05, 0) is 31.6 Å². The highest BCUT2D eigenvalue weighted by Crippen LogP contribution is 2.15. The van der Waals surface area contributed by atoms with Gasteiger partial charge in [-0.25, -0.2) is 0 Å². The van der Waals surface area contributed by atoms with Gasteiger partial charge in [-0.15, -0.1) is 0 Å². The van der Waals surface area contributed by atoms with Crippen LogP contribution in [0.3, 0.4) is 0 Å². The molecular weight excluding hydrogens is 208 g/mol. The van der Waals surface area contributed by atoms with E-state index in [1.807, 2.05) is 18.2 Å². The van der Waals surface area contributed by atoms with Gasteiger partial charge < -0.3 is 10.2 Å². The van der Waals surface area contributed by atoms with E-state index >= 15 is 0 Å². The molecule has 3 heteroatoms. The Morgan fingerprint density at radius 1 is 1.47 bits per heavy atom. The van der Waals surface area contributed by atoms with E-state index in [0.29, 0.717) is 6.04 Å². The van der Waals surface area contributed by atoms with Crippen molar-refractivity contribution >= 4 is 11.6 Å². The first-order chi connectivity index (χ1) is 7.25. The number of nitrogens with one attached hydrogen (secondary N) is 1. The van der Waals surface area contributed by atoms with Crippen molar-refractivity contribution in [3.63, 3.8) is 0 Å². The van der Waals surface area contributed by atoms with E-state index < -0.39 is 0 Å². The molecule has 1 aliphatic heterocycles. The van der Waals surface area contributed by atoms with Crippen molar-refractivity contribution in [2.45, 2.75) is 19.0 Å². The van der Waals surface area contributed by atoms with Crippen LogP contribution in [-0.2, 0) is 6.54 Å². The lowest BCUT2D eigenvalue weighted by Crippen LogP contribution is -2.30. The number of nitrogens with zero attached hydrogens (tertiary/aromatic N) is 1. The summed E-state index contributed by atoms with van der Waals surface area (Å²) in [6, 6.07) is 8.64. The molecule has 0 aliphatic carbocycles. The zero-order chi connectivity index (χ0) is 10.7. The van der Waals surface area contributed by atoms with Gasteiger partial charge in [0, 0.05) is 24.2 Å². The highest BCUT2D eigenvalue weighted by molar-refractivity contribution is 6.31. The Morgan fingerprint density at radius 3 is 2.93 bits per heavy atom. The van der Waals surface area contributed by atoms with Crippen molar-refractivity contribution in [3.05, 3.63) is 34.9 Å². The van der Waals surface area contributed by atoms with Crippen LogP contribution in [0.5, 0.6) is 0 Å². The van der Waals surface area contributed by atoms with Crippen molar-refractivity contribution in [3.8, 4) is 0 Å². The molecule has 1 N–H and O–H groups in total. The first-order valence-electron chi connectivity index (χ1n) is 5.41. The molecule has 2 rings (SSSR count). The van der Waals surface area contributed by atoms with Crippen LogP contribution in [0.2, 0.25) is 5.02 Å². The molecule has 1 saturated heterocycles. The molecule has 0 aromatic heterocycles. The standard InChI is InChI=1S/C12H17ClN2/c1-15-7-6-11(9-15)14-8-10-4-2-3-5-12(10)13/h2-5,11,14H,6-9H2,1H3/t11-/m0/s1. The number of rotatable bonds is 3. The summed E-state index contributed by atoms with van der Waals surface area (Å²) in [5.74, 6) is 0.